The summed E-state index contributed by atoms with van der Waals surface area (Å²) >= 11 is 5.60. The summed E-state index contributed by atoms with van der Waals surface area (Å²) in [5, 5.41) is -0.317. The zero-order valence-electron chi connectivity index (χ0n) is 5.01. The highest BCUT2D eigenvalue weighted by Gasteiger charge is 2.27. The largest absolute Gasteiger partial charge is 0.318 e. The Morgan fingerprint density at radius 3 is 2.78 bits per heavy atom. The van der Waals surface area contributed by atoms with Crippen LogP contribution in [-0.4, -0.2) is 22.7 Å². The van der Waals surface area contributed by atoms with Crippen LogP contribution >= 0.6 is 11.6 Å². The lowest BCUT2D eigenvalue weighted by molar-refractivity contribution is -0.125. The van der Waals surface area contributed by atoms with Crippen LogP contribution in [0.15, 0.2) is 12.8 Å². The molecule has 50 valence electrons. The normalized spacial score (nSPS) is 27.0. The molecule has 0 N–H and O–H groups in total. The van der Waals surface area contributed by atoms with E-state index in [9.17, 15) is 4.79 Å². The van der Waals surface area contributed by atoms with Crippen molar-refractivity contribution in [3.05, 3.63) is 12.8 Å². The molecule has 3 heteroatoms. The quantitative estimate of drug-likeness (QED) is 0.504. The summed E-state index contributed by atoms with van der Waals surface area (Å²) in [5.74, 6) is -0.0216. The molecule has 1 saturated heterocycles. The molecule has 1 aliphatic rings. The first-order chi connectivity index (χ1) is 4.25. The summed E-state index contributed by atoms with van der Waals surface area (Å²) < 4.78 is 0. The molecule has 0 aromatic carbocycles. The number of hydrogen-bond donors (Lipinski definition) is 0. The lowest BCUT2D eigenvalue weighted by Gasteiger charge is -2.06. The van der Waals surface area contributed by atoms with E-state index in [1.54, 1.807) is 0 Å². The van der Waals surface area contributed by atoms with E-state index in [1.807, 2.05) is 0 Å². The average molecular weight is 146 g/mol. The van der Waals surface area contributed by atoms with E-state index < -0.39 is 0 Å². The summed E-state index contributed by atoms with van der Waals surface area (Å²) in [4.78, 5) is 12.4. The molecule has 0 radical (unpaired) electrons. The summed E-state index contributed by atoms with van der Waals surface area (Å²) in [7, 11) is 0. The Kier molecular flexibility index (Phi) is 1.76. The standard InChI is InChI=1S/C6H8ClNO/c1-2-8-4-3-5(7)6(8)9/h2,5H,1,3-4H2. The van der Waals surface area contributed by atoms with E-state index in [1.165, 1.54) is 11.1 Å². The number of nitrogens with zero attached hydrogens (tertiary/aromatic N) is 1. The highest BCUT2D eigenvalue weighted by molar-refractivity contribution is 6.31. The van der Waals surface area contributed by atoms with Gasteiger partial charge in [-0.25, -0.2) is 0 Å². The van der Waals surface area contributed by atoms with Crippen LogP contribution in [0, 0.1) is 0 Å². The number of likely N-dealkylation sites (tertiary alicyclic amines) is 1. The Morgan fingerprint density at radius 2 is 2.56 bits per heavy atom. The zero-order chi connectivity index (χ0) is 6.85. The molecule has 1 atom stereocenters. The van der Waals surface area contributed by atoms with Gasteiger partial charge in [0.15, 0.2) is 0 Å². The number of hydrogen-bond acceptors (Lipinski definition) is 1. The van der Waals surface area contributed by atoms with Crippen molar-refractivity contribution in [2.24, 2.45) is 0 Å². The summed E-state index contributed by atoms with van der Waals surface area (Å²) in [6, 6.07) is 0. The second-order valence-corrected chi connectivity index (χ2v) is 2.50. The number of rotatable bonds is 1. The van der Waals surface area contributed by atoms with Gasteiger partial charge in [-0.05, 0) is 12.6 Å². The second-order valence-electron chi connectivity index (χ2n) is 1.97. The summed E-state index contributed by atoms with van der Waals surface area (Å²) in [5.41, 5.74) is 0. The Bertz CT molecular complexity index is 146. The Labute approximate surface area is 59.1 Å². The average Bonchev–Trinajstić information content (AvgIpc) is 2.15. The van der Waals surface area contributed by atoms with E-state index in [0.29, 0.717) is 0 Å². The predicted octanol–water partition coefficient (Wildman–Crippen LogP) is 0.970. The minimum absolute atomic E-state index is 0.0216. The molecule has 0 saturated carbocycles. The van der Waals surface area contributed by atoms with Gasteiger partial charge >= 0.3 is 0 Å². The van der Waals surface area contributed by atoms with Crippen LogP contribution in [0.25, 0.3) is 0 Å². The third-order valence-electron chi connectivity index (χ3n) is 1.39. The highest BCUT2D eigenvalue weighted by Crippen LogP contribution is 2.15. The molecule has 0 spiro atoms. The molecule has 2 nitrogen and oxygen atoms in total. The highest BCUT2D eigenvalue weighted by atomic mass is 35.5. The Morgan fingerprint density at radius 1 is 1.89 bits per heavy atom. The second kappa shape index (κ2) is 2.40. The van der Waals surface area contributed by atoms with Crippen molar-refractivity contribution in [1.29, 1.82) is 0 Å². The van der Waals surface area contributed by atoms with Crippen LogP contribution in [0.1, 0.15) is 6.42 Å². The van der Waals surface area contributed by atoms with Crippen molar-refractivity contribution < 1.29 is 4.79 Å². The molecule has 1 fully saturated rings. The summed E-state index contributed by atoms with van der Waals surface area (Å²) in [6.45, 7) is 4.19. The third-order valence-corrected chi connectivity index (χ3v) is 1.80. The maximum Gasteiger partial charge on any atom is 0.244 e. The zero-order valence-corrected chi connectivity index (χ0v) is 5.77. The van der Waals surface area contributed by atoms with Gasteiger partial charge in [-0.15, -0.1) is 11.6 Å². The van der Waals surface area contributed by atoms with E-state index in [4.69, 9.17) is 11.6 Å². The first-order valence-corrected chi connectivity index (χ1v) is 3.26. The van der Waals surface area contributed by atoms with E-state index in [0.717, 1.165) is 13.0 Å². The fraction of sp³-hybridized carbons (Fsp3) is 0.500. The van der Waals surface area contributed by atoms with Crippen molar-refractivity contribution in [2.45, 2.75) is 11.8 Å². The molecular weight excluding hydrogens is 138 g/mol. The molecule has 0 aliphatic carbocycles. The van der Waals surface area contributed by atoms with Crippen molar-refractivity contribution >= 4 is 17.5 Å². The van der Waals surface area contributed by atoms with Gasteiger partial charge < -0.3 is 4.90 Å². The van der Waals surface area contributed by atoms with Gasteiger partial charge in [0.25, 0.3) is 0 Å². The van der Waals surface area contributed by atoms with E-state index >= 15 is 0 Å². The number of carbonyl (C=O) groups is 1. The van der Waals surface area contributed by atoms with Gasteiger partial charge in [0.1, 0.15) is 5.38 Å². The molecule has 1 heterocycles. The smallest absolute Gasteiger partial charge is 0.244 e. The summed E-state index contributed by atoms with van der Waals surface area (Å²) in [6.07, 6.45) is 2.26. The molecule has 0 aromatic heterocycles. The van der Waals surface area contributed by atoms with Crippen LogP contribution in [0.4, 0.5) is 0 Å². The molecule has 1 aliphatic heterocycles. The van der Waals surface area contributed by atoms with Crippen molar-refractivity contribution in [3.8, 4) is 0 Å². The Balaban J connectivity index is 2.61. The van der Waals surface area contributed by atoms with Crippen molar-refractivity contribution in [1.82, 2.24) is 4.90 Å². The van der Waals surface area contributed by atoms with Crippen LogP contribution in [0.3, 0.4) is 0 Å². The molecule has 1 amide bonds. The predicted molar refractivity (Wildman–Crippen MR) is 36.2 cm³/mol. The van der Waals surface area contributed by atoms with Gasteiger partial charge in [0.05, 0.1) is 0 Å². The Hall–Kier alpha value is -0.500. The lowest BCUT2D eigenvalue weighted by atomic mass is 10.4. The van der Waals surface area contributed by atoms with Gasteiger partial charge in [0.2, 0.25) is 5.91 Å². The van der Waals surface area contributed by atoms with Crippen molar-refractivity contribution in [2.75, 3.05) is 6.54 Å². The minimum Gasteiger partial charge on any atom is -0.318 e. The van der Waals surface area contributed by atoms with E-state index in [2.05, 4.69) is 6.58 Å². The number of alkyl halides is 1. The fourth-order valence-corrected chi connectivity index (χ4v) is 1.07. The SMILES string of the molecule is C=CN1CCC(Cl)C1=O. The third kappa shape index (κ3) is 1.08. The van der Waals surface area contributed by atoms with Gasteiger partial charge in [0, 0.05) is 6.54 Å². The van der Waals surface area contributed by atoms with Crippen molar-refractivity contribution in [3.63, 3.8) is 0 Å². The van der Waals surface area contributed by atoms with Crippen LogP contribution in [-0.2, 0) is 4.79 Å². The first-order valence-electron chi connectivity index (χ1n) is 2.83. The van der Waals surface area contributed by atoms with Crippen LogP contribution in [0.2, 0.25) is 0 Å². The van der Waals surface area contributed by atoms with Gasteiger partial charge in [-0.3, -0.25) is 4.79 Å². The van der Waals surface area contributed by atoms with E-state index in [-0.39, 0.29) is 11.3 Å². The maximum atomic E-state index is 10.9. The first kappa shape index (κ1) is 6.62. The number of halogens is 1. The lowest BCUT2D eigenvalue weighted by Crippen LogP contribution is -2.21. The molecule has 0 aromatic rings. The number of carbonyl (C=O) groups excluding carboxylic acids is 1. The monoisotopic (exact) mass is 145 g/mol. The minimum atomic E-state index is -0.317. The number of amides is 1. The van der Waals surface area contributed by atoms with Crippen LogP contribution < -0.4 is 0 Å². The molecule has 1 rings (SSSR count). The van der Waals surface area contributed by atoms with Gasteiger partial charge in [-0.1, -0.05) is 6.58 Å². The van der Waals surface area contributed by atoms with Crippen LogP contribution in [0.5, 0.6) is 0 Å². The maximum absolute atomic E-state index is 10.9. The van der Waals surface area contributed by atoms with Gasteiger partial charge in [-0.2, -0.15) is 0 Å². The molecule has 1 unspecified atom stereocenters. The molecular formula is C6H8ClNO. The molecule has 9 heavy (non-hydrogen) atoms. The topological polar surface area (TPSA) is 20.3 Å². The molecule has 0 bridgehead atoms. The fourth-order valence-electron chi connectivity index (χ4n) is 0.847.